The van der Waals surface area contributed by atoms with Gasteiger partial charge in [-0.2, -0.15) is 4.31 Å². The molecule has 0 aliphatic carbocycles. The molecule has 3 N–H and O–H groups in total. The van der Waals surface area contributed by atoms with E-state index in [4.69, 9.17) is 5.73 Å². The van der Waals surface area contributed by atoms with Gasteiger partial charge in [-0.1, -0.05) is 0 Å². The summed E-state index contributed by atoms with van der Waals surface area (Å²) >= 11 is 0. The Morgan fingerprint density at radius 3 is 2.55 bits per heavy atom. The van der Waals surface area contributed by atoms with E-state index in [2.05, 4.69) is 4.74 Å². The number of nitrogens with zero attached hydrogens (tertiary/aromatic N) is 1. The first-order valence-corrected chi connectivity index (χ1v) is 7.32. The number of hydrogen-bond acceptors (Lipinski definition) is 6. The number of aliphatic hydroxyl groups is 1. The molecule has 0 bridgehead atoms. The van der Waals surface area contributed by atoms with Crippen molar-refractivity contribution in [2.75, 3.05) is 25.9 Å². The molecular formula is C12H16N2O5S. The summed E-state index contributed by atoms with van der Waals surface area (Å²) in [5.41, 5.74) is 4.70. The first kappa shape index (κ1) is 14.8. The van der Waals surface area contributed by atoms with Crippen molar-refractivity contribution in [3.8, 4) is 0 Å². The molecule has 1 aliphatic rings. The Morgan fingerprint density at radius 2 is 2.05 bits per heavy atom. The van der Waals surface area contributed by atoms with E-state index in [0.29, 0.717) is 0 Å². The van der Waals surface area contributed by atoms with Crippen LogP contribution in [0.15, 0.2) is 23.1 Å². The molecule has 0 unspecified atom stereocenters. The van der Waals surface area contributed by atoms with Crippen molar-refractivity contribution < 1.29 is 23.1 Å². The van der Waals surface area contributed by atoms with E-state index >= 15 is 0 Å². The van der Waals surface area contributed by atoms with Crippen molar-refractivity contribution in [2.45, 2.75) is 17.4 Å². The molecular weight excluding hydrogens is 284 g/mol. The van der Waals surface area contributed by atoms with E-state index in [0.717, 1.165) is 4.31 Å². The van der Waals surface area contributed by atoms with Crippen molar-refractivity contribution >= 4 is 21.7 Å². The van der Waals surface area contributed by atoms with E-state index in [-0.39, 0.29) is 29.2 Å². The standard InChI is InChI=1S/C12H16N2O5S/c1-12(16)6-14(7-12)20(17,18)10-5-8(13)3-4-9(10)11(15)19-2/h3-5,16H,6-7,13H2,1-2H3. The fourth-order valence-corrected chi connectivity index (χ4v) is 3.94. The normalized spacial score (nSPS) is 18.4. The molecule has 1 aliphatic heterocycles. The summed E-state index contributed by atoms with van der Waals surface area (Å²) in [5.74, 6) is -0.754. The van der Waals surface area contributed by atoms with Crippen LogP contribution in [0.3, 0.4) is 0 Å². The van der Waals surface area contributed by atoms with Crippen LogP contribution in [0.1, 0.15) is 17.3 Å². The minimum Gasteiger partial charge on any atom is -0.465 e. The number of hydrogen-bond donors (Lipinski definition) is 2. The number of benzene rings is 1. The molecule has 1 aromatic rings. The topological polar surface area (TPSA) is 110 Å². The summed E-state index contributed by atoms with van der Waals surface area (Å²) < 4.78 is 30.6. The second kappa shape index (κ2) is 4.72. The number of rotatable bonds is 3. The minimum absolute atomic E-state index is 0.0231. The van der Waals surface area contributed by atoms with Gasteiger partial charge in [0.15, 0.2) is 0 Å². The van der Waals surface area contributed by atoms with Gasteiger partial charge in [0, 0.05) is 18.8 Å². The summed E-state index contributed by atoms with van der Waals surface area (Å²) in [6, 6.07) is 3.96. The summed E-state index contributed by atoms with van der Waals surface area (Å²) in [6.07, 6.45) is 0. The van der Waals surface area contributed by atoms with Crippen LogP contribution in [0.25, 0.3) is 0 Å². The summed E-state index contributed by atoms with van der Waals surface area (Å²) in [5, 5.41) is 9.65. The number of nitrogens with two attached hydrogens (primary N) is 1. The fraction of sp³-hybridized carbons (Fsp3) is 0.417. The van der Waals surface area contributed by atoms with Gasteiger partial charge < -0.3 is 15.6 Å². The Bertz CT molecular complexity index is 646. The van der Waals surface area contributed by atoms with E-state index in [1.807, 2.05) is 0 Å². The van der Waals surface area contributed by atoms with Gasteiger partial charge in [-0.25, -0.2) is 13.2 Å². The second-order valence-corrected chi connectivity index (χ2v) is 6.92. The Labute approximate surface area is 117 Å². The van der Waals surface area contributed by atoms with Gasteiger partial charge in [-0.05, 0) is 25.1 Å². The maximum atomic E-state index is 12.4. The van der Waals surface area contributed by atoms with Crippen LogP contribution >= 0.6 is 0 Å². The lowest BCUT2D eigenvalue weighted by molar-refractivity contribution is -0.0426. The third-order valence-corrected chi connectivity index (χ3v) is 4.89. The first-order chi connectivity index (χ1) is 9.17. The van der Waals surface area contributed by atoms with Crippen LogP contribution in [0.2, 0.25) is 0 Å². The van der Waals surface area contributed by atoms with E-state index in [1.54, 1.807) is 6.92 Å². The zero-order valence-corrected chi connectivity index (χ0v) is 12.0. The molecule has 0 saturated carbocycles. The quantitative estimate of drug-likeness (QED) is 0.591. The summed E-state index contributed by atoms with van der Waals surface area (Å²) in [7, 11) is -2.72. The van der Waals surface area contributed by atoms with Crippen LogP contribution in [0, 0.1) is 0 Å². The highest BCUT2D eigenvalue weighted by Gasteiger charge is 2.45. The molecule has 1 saturated heterocycles. The van der Waals surface area contributed by atoms with Gasteiger partial charge in [0.25, 0.3) is 0 Å². The summed E-state index contributed by atoms with van der Waals surface area (Å²) in [6.45, 7) is 1.50. The van der Waals surface area contributed by atoms with Gasteiger partial charge in [0.2, 0.25) is 10.0 Å². The third-order valence-electron chi connectivity index (χ3n) is 3.06. The Morgan fingerprint density at radius 1 is 1.45 bits per heavy atom. The Kier molecular flexibility index (Phi) is 3.49. The lowest BCUT2D eigenvalue weighted by Gasteiger charge is -2.43. The fourth-order valence-electron chi connectivity index (χ4n) is 2.05. The van der Waals surface area contributed by atoms with Crippen LogP contribution < -0.4 is 5.73 Å². The van der Waals surface area contributed by atoms with Gasteiger partial charge in [0.1, 0.15) is 0 Å². The molecule has 0 radical (unpaired) electrons. The first-order valence-electron chi connectivity index (χ1n) is 5.88. The minimum atomic E-state index is -3.89. The molecule has 0 amide bonds. The van der Waals surface area contributed by atoms with E-state index < -0.39 is 21.6 Å². The molecule has 2 rings (SSSR count). The summed E-state index contributed by atoms with van der Waals surface area (Å²) in [4.78, 5) is 11.4. The van der Waals surface area contributed by atoms with Gasteiger partial charge in [-0.3, -0.25) is 0 Å². The SMILES string of the molecule is COC(=O)c1ccc(N)cc1S(=O)(=O)N1CC(C)(O)C1. The molecule has 1 fully saturated rings. The largest absolute Gasteiger partial charge is 0.465 e. The molecule has 0 spiro atoms. The highest BCUT2D eigenvalue weighted by atomic mass is 32.2. The average molecular weight is 300 g/mol. The monoisotopic (exact) mass is 300 g/mol. The van der Waals surface area contributed by atoms with Crippen molar-refractivity contribution in [2.24, 2.45) is 0 Å². The molecule has 110 valence electrons. The number of esters is 1. The molecule has 7 nitrogen and oxygen atoms in total. The molecule has 8 heteroatoms. The van der Waals surface area contributed by atoms with Crippen molar-refractivity contribution in [3.05, 3.63) is 23.8 Å². The van der Waals surface area contributed by atoms with Gasteiger partial charge >= 0.3 is 5.97 Å². The predicted molar refractivity (Wildman–Crippen MR) is 71.6 cm³/mol. The number of nitrogen functional groups attached to an aromatic ring is 1. The van der Waals surface area contributed by atoms with Crippen molar-refractivity contribution in [3.63, 3.8) is 0 Å². The zero-order valence-electron chi connectivity index (χ0n) is 11.2. The van der Waals surface area contributed by atoms with Crippen LogP contribution in [-0.2, 0) is 14.8 Å². The number of β-amino-alcohol motifs (C(OH)–C–C–N with tert-alkyl or cyclic N) is 1. The van der Waals surface area contributed by atoms with E-state index in [9.17, 15) is 18.3 Å². The maximum Gasteiger partial charge on any atom is 0.339 e. The molecule has 1 heterocycles. The van der Waals surface area contributed by atoms with E-state index in [1.165, 1.54) is 25.3 Å². The van der Waals surface area contributed by atoms with Crippen LogP contribution in [0.4, 0.5) is 5.69 Å². The molecule has 1 aromatic carbocycles. The number of anilines is 1. The highest BCUT2D eigenvalue weighted by molar-refractivity contribution is 7.89. The third kappa shape index (κ3) is 2.49. The van der Waals surface area contributed by atoms with Crippen molar-refractivity contribution in [1.82, 2.24) is 4.31 Å². The maximum absolute atomic E-state index is 12.4. The Hall–Kier alpha value is -1.64. The molecule has 0 aromatic heterocycles. The average Bonchev–Trinajstić information content (AvgIpc) is 2.34. The van der Waals surface area contributed by atoms with Gasteiger partial charge in [-0.15, -0.1) is 0 Å². The van der Waals surface area contributed by atoms with Crippen molar-refractivity contribution in [1.29, 1.82) is 0 Å². The smallest absolute Gasteiger partial charge is 0.339 e. The predicted octanol–water partition coefficient (Wildman–Crippen LogP) is -0.189. The highest BCUT2D eigenvalue weighted by Crippen LogP contribution is 2.30. The number of sulfonamides is 1. The number of ether oxygens (including phenoxy) is 1. The van der Waals surface area contributed by atoms with Crippen LogP contribution in [0.5, 0.6) is 0 Å². The number of carbonyl (C=O) groups is 1. The number of methoxy groups -OCH3 is 1. The molecule has 20 heavy (non-hydrogen) atoms. The second-order valence-electron chi connectivity index (χ2n) is 5.02. The molecule has 0 atom stereocenters. The van der Waals surface area contributed by atoms with Gasteiger partial charge in [0.05, 0.1) is 23.2 Å². The zero-order chi connectivity index (χ0) is 15.1. The number of carbonyl (C=O) groups excluding carboxylic acids is 1. The lowest BCUT2D eigenvalue weighted by atomic mass is 10.0. The van der Waals surface area contributed by atoms with Crippen LogP contribution in [-0.4, -0.2) is 49.6 Å². The Balaban J connectivity index is 2.46. The lowest BCUT2D eigenvalue weighted by Crippen LogP contribution is -2.61.